The predicted octanol–water partition coefficient (Wildman–Crippen LogP) is 4.18. The van der Waals surface area contributed by atoms with Crippen LogP contribution in [0.3, 0.4) is 0 Å². The molecule has 1 aliphatic heterocycles. The van der Waals surface area contributed by atoms with Gasteiger partial charge in [0.25, 0.3) is 0 Å². The van der Waals surface area contributed by atoms with Gasteiger partial charge < -0.3 is 15.0 Å². The molecule has 170 valence electrons. The number of hydrogen-bond donors (Lipinski definition) is 1. The number of amides is 1. The number of aromatic nitrogens is 4. The maximum absolute atomic E-state index is 13.4. The molecule has 1 fully saturated rings. The van der Waals surface area contributed by atoms with Crippen LogP contribution in [0.1, 0.15) is 30.7 Å². The minimum atomic E-state index is 0.0131. The molecule has 1 saturated heterocycles. The van der Waals surface area contributed by atoms with Crippen molar-refractivity contribution in [3.63, 3.8) is 0 Å². The zero-order valence-electron chi connectivity index (χ0n) is 18.4. The van der Waals surface area contributed by atoms with Crippen LogP contribution in [0, 0.1) is 5.92 Å². The summed E-state index contributed by atoms with van der Waals surface area (Å²) in [5.41, 5.74) is 3.13. The van der Waals surface area contributed by atoms with Crippen molar-refractivity contribution >= 4 is 60.7 Å². The molecule has 6 rings (SSSR count). The second kappa shape index (κ2) is 8.27. The number of aryl methyl sites for hydroxylation is 1. The topological polar surface area (TPSA) is 93.1 Å². The predicted molar refractivity (Wildman–Crippen MR) is 130 cm³/mol. The second-order valence-electron chi connectivity index (χ2n) is 8.91. The van der Waals surface area contributed by atoms with Gasteiger partial charge in [0, 0.05) is 16.5 Å². The van der Waals surface area contributed by atoms with Crippen molar-refractivity contribution in [3.05, 3.63) is 35.0 Å². The van der Waals surface area contributed by atoms with Gasteiger partial charge in [-0.1, -0.05) is 4.49 Å². The number of nitrogens with zero attached hydrogens (tertiary/aromatic N) is 5. The SMILES string of the molecule is C[C@@H]1COC[C@@H](C)N1C(=O)[C@H]1CCc2c(sc3ncnc(Nc4ccc5nnsc5c4)c23)C1. The summed E-state index contributed by atoms with van der Waals surface area (Å²) in [6, 6.07) is 6.25. The number of nitrogens with one attached hydrogen (secondary N) is 1. The Morgan fingerprint density at radius 2 is 2.06 bits per heavy atom. The minimum Gasteiger partial charge on any atom is -0.377 e. The van der Waals surface area contributed by atoms with Crippen molar-refractivity contribution in [2.75, 3.05) is 18.5 Å². The van der Waals surface area contributed by atoms with Crippen LogP contribution in [-0.4, -0.2) is 55.7 Å². The molecule has 1 aromatic carbocycles. The van der Waals surface area contributed by atoms with E-state index in [-0.39, 0.29) is 23.9 Å². The fourth-order valence-electron chi connectivity index (χ4n) is 5.06. The molecule has 10 heteroatoms. The molecule has 4 aromatic rings. The Morgan fingerprint density at radius 3 is 2.91 bits per heavy atom. The highest BCUT2D eigenvalue weighted by atomic mass is 32.1. The third kappa shape index (κ3) is 3.66. The first-order valence-corrected chi connectivity index (χ1v) is 12.8. The summed E-state index contributed by atoms with van der Waals surface area (Å²) in [6.07, 6.45) is 4.09. The lowest BCUT2D eigenvalue weighted by atomic mass is 9.86. The van der Waals surface area contributed by atoms with Gasteiger partial charge in [-0.2, -0.15) is 0 Å². The molecule has 2 aliphatic rings. The summed E-state index contributed by atoms with van der Waals surface area (Å²) in [5.74, 6) is 1.09. The van der Waals surface area contributed by atoms with E-state index in [2.05, 4.69) is 38.7 Å². The van der Waals surface area contributed by atoms with E-state index in [4.69, 9.17) is 4.74 Å². The number of rotatable bonds is 3. The van der Waals surface area contributed by atoms with Gasteiger partial charge >= 0.3 is 0 Å². The lowest BCUT2D eigenvalue weighted by Gasteiger charge is -2.41. The number of fused-ring (bicyclic) bond motifs is 4. The number of morpholine rings is 1. The second-order valence-corrected chi connectivity index (χ2v) is 10.8. The van der Waals surface area contributed by atoms with Gasteiger partial charge in [-0.3, -0.25) is 4.79 Å². The van der Waals surface area contributed by atoms with Gasteiger partial charge in [0.05, 0.1) is 35.4 Å². The molecule has 1 amide bonds. The first kappa shape index (κ1) is 20.9. The van der Waals surface area contributed by atoms with Crippen LogP contribution in [0.5, 0.6) is 0 Å². The van der Waals surface area contributed by atoms with Crippen molar-refractivity contribution in [1.82, 2.24) is 24.5 Å². The summed E-state index contributed by atoms with van der Waals surface area (Å²) < 4.78 is 10.7. The number of hydrogen-bond acceptors (Lipinski definition) is 9. The van der Waals surface area contributed by atoms with Gasteiger partial charge in [-0.05, 0) is 68.4 Å². The van der Waals surface area contributed by atoms with E-state index < -0.39 is 0 Å². The Labute approximate surface area is 199 Å². The van der Waals surface area contributed by atoms with Crippen LogP contribution in [0.15, 0.2) is 24.5 Å². The summed E-state index contributed by atoms with van der Waals surface area (Å²) >= 11 is 3.07. The maximum Gasteiger partial charge on any atom is 0.226 e. The first-order chi connectivity index (χ1) is 16.1. The number of benzene rings is 1. The monoisotopic (exact) mass is 480 g/mol. The van der Waals surface area contributed by atoms with Crippen LogP contribution in [0.25, 0.3) is 20.4 Å². The smallest absolute Gasteiger partial charge is 0.226 e. The van der Waals surface area contributed by atoms with E-state index in [1.165, 1.54) is 22.0 Å². The van der Waals surface area contributed by atoms with Crippen LogP contribution in [0.4, 0.5) is 11.5 Å². The van der Waals surface area contributed by atoms with E-state index in [0.717, 1.165) is 51.2 Å². The molecule has 0 bridgehead atoms. The van der Waals surface area contributed by atoms with E-state index in [9.17, 15) is 4.79 Å². The van der Waals surface area contributed by atoms with Gasteiger partial charge in [0.15, 0.2) is 0 Å². The van der Waals surface area contributed by atoms with Crippen molar-refractivity contribution in [1.29, 1.82) is 0 Å². The van der Waals surface area contributed by atoms with E-state index in [1.54, 1.807) is 17.7 Å². The molecule has 3 aromatic heterocycles. The number of thiophene rings is 1. The maximum atomic E-state index is 13.4. The summed E-state index contributed by atoms with van der Waals surface area (Å²) in [5, 5.41) is 8.67. The largest absolute Gasteiger partial charge is 0.377 e. The molecule has 33 heavy (non-hydrogen) atoms. The Morgan fingerprint density at radius 1 is 1.21 bits per heavy atom. The van der Waals surface area contributed by atoms with Crippen LogP contribution >= 0.6 is 22.9 Å². The van der Waals surface area contributed by atoms with E-state index in [0.29, 0.717) is 13.2 Å². The fraction of sp³-hybridized carbons (Fsp3) is 0.435. The minimum absolute atomic E-state index is 0.0131. The third-order valence-corrected chi connectivity index (χ3v) is 8.48. The van der Waals surface area contributed by atoms with E-state index >= 15 is 0 Å². The highest BCUT2D eigenvalue weighted by Gasteiger charge is 2.36. The molecule has 0 unspecified atom stereocenters. The van der Waals surface area contributed by atoms with Gasteiger partial charge in [0.2, 0.25) is 5.91 Å². The Kier molecular flexibility index (Phi) is 5.23. The van der Waals surface area contributed by atoms with Crippen LogP contribution < -0.4 is 5.32 Å². The molecule has 8 nitrogen and oxygen atoms in total. The third-order valence-electron chi connectivity index (χ3n) is 6.63. The van der Waals surface area contributed by atoms with Gasteiger partial charge in [-0.25, -0.2) is 9.97 Å². The molecule has 0 spiro atoms. The first-order valence-electron chi connectivity index (χ1n) is 11.2. The Balaban J connectivity index is 1.29. The van der Waals surface area contributed by atoms with Crippen LogP contribution in [-0.2, 0) is 22.4 Å². The summed E-state index contributed by atoms with van der Waals surface area (Å²) in [7, 11) is 0. The average Bonchev–Trinajstić information content (AvgIpc) is 3.42. The Bertz CT molecular complexity index is 1340. The normalized spacial score (nSPS) is 23.1. The number of carbonyl (C=O) groups is 1. The van der Waals surface area contributed by atoms with Gasteiger partial charge in [0.1, 0.15) is 22.5 Å². The van der Waals surface area contributed by atoms with Crippen molar-refractivity contribution in [2.45, 2.75) is 45.2 Å². The lowest BCUT2D eigenvalue weighted by Crippen LogP contribution is -2.54. The molecular formula is C23H24N6O2S2. The van der Waals surface area contributed by atoms with Gasteiger partial charge in [-0.15, -0.1) is 16.4 Å². The standard InChI is InChI=1S/C23H24N6O2S2/c1-12-9-31-10-13(2)29(12)23(30)14-3-5-16-18(7-14)32-22-20(16)21(24-11-25-22)26-15-4-6-17-19(8-15)33-28-27-17/h4,6,8,11-14H,3,5,7,9-10H2,1-2H3,(H,24,25,26)/t12-,13-,14+/m1/s1. The molecule has 0 saturated carbocycles. The molecular weight excluding hydrogens is 456 g/mol. The molecule has 0 radical (unpaired) electrons. The lowest BCUT2D eigenvalue weighted by molar-refractivity contribution is -0.149. The Hall–Kier alpha value is -2.69. The number of ether oxygens (including phenoxy) is 1. The van der Waals surface area contributed by atoms with E-state index in [1.807, 2.05) is 23.1 Å². The van der Waals surface area contributed by atoms with Crippen molar-refractivity contribution in [3.8, 4) is 0 Å². The summed E-state index contributed by atoms with van der Waals surface area (Å²) in [6.45, 7) is 5.39. The highest BCUT2D eigenvalue weighted by molar-refractivity contribution is 7.19. The molecule has 3 atom stereocenters. The van der Waals surface area contributed by atoms with Crippen molar-refractivity contribution < 1.29 is 9.53 Å². The van der Waals surface area contributed by atoms with Crippen molar-refractivity contribution in [2.24, 2.45) is 5.92 Å². The summed E-state index contributed by atoms with van der Waals surface area (Å²) in [4.78, 5) is 26.8. The number of anilines is 2. The fourth-order valence-corrected chi connectivity index (χ4v) is 6.92. The average molecular weight is 481 g/mol. The number of carbonyl (C=O) groups excluding carboxylic acids is 1. The highest BCUT2D eigenvalue weighted by Crippen LogP contribution is 2.41. The molecule has 1 N–H and O–H groups in total. The molecule has 1 aliphatic carbocycles. The quantitative estimate of drug-likeness (QED) is 0.470. The van der Waals surface area contributed by atoms with Crippen LogP contribution in [0.2, 0.25) is 0 Å². The molecule has 4 heterocycles. The zero-order valence-corrected chi connectivity index (χ0v) is 20.1. The zero-order chi connectivity index (χ0) is 22.5.